The van der Waals surface area contributed by atoms with Crippen LogP contribution in [0.25, 0.3) is 5.57 Å². The fourth-order valence-corrected chi connectivity index (χ4v) is 14.8. The van der Waals surface area contributed by atoms with E-state index in [2.05, 4.69) is 73.1 Å². The van der Waals surface area contributed by atoms with Gasteiger partial charge in [0.05, 0.1) is 17.6 Å². The number of aliphatic carboxylic acids is 1. The summed E-state index contributed by atoms with van der Waals surface area (Å²) < 4.78 is 7.53. The van der Waals surface area contributed by atoms with Crippen LogP contribution >= 0.6 is 0 Å². The molecule has 6 unspecified atom stereocenters. The average Bonchev–Trinajstić information content (AvgIpc) is 3.98. The predicted octanol–water partition coefficient (Wildman–Crippen LogP) is 8.52. The van der Waals surface area contributed by atoms with Crippen LogP contribution < -0.4 is 0 Å². The number of ether oxygens (including phenoxy) is 1. The molecule has 52 heavy (non-hydrogen) atoms. The van der Waals surface area contributed by atoms with Crippen molar-refractivity contribution in [3.8, 4) is 0 Å². The van der Waals surface area contributed by atoms with Gasteiger partial charge >= 0.3 is 5.97 Å². The molecule has 6 nitrogen and oxygen atoms in total. The molecule has 0 spiro atoms. The number of nitrogens with zero attached hydrogens (tertiary/aromatic N) is 2. The molecular formula is C46H64N2O4. The summed E-state index contributed by atoms with van der Waals surface area (Å²) in [5.41, 5.74) is 1.41. The summed E-state index contributed by atoms with van der Waals surface area (Å²) in [6.07, 6.45) is 20.8. The first-order valence-corrected chi connectivity index (χ1v) is 21.5. The molecule has 0 amide bonds. The summed E-state index contributed by atoms with van der Waals surface area (Å²) in [5.74, 6) is 1.81. The van der Waals surface area contributed by atoms with Crippen LogP contribution in [0.1, 0.15) is 110 Å². The summed E-state index contributed by atoms with van der Waals surface area (Å²) in [7, 11) is 0. The Morgan fingerprint density at radius 1 is 1.02 bits per heavy atom. The van der Waals surface area contributed by atoms with Crippen molar-refractivity contribution < 1.29 is 19.4 Å². The molecule has 3 heterocycles. The molecule has 1 N–H and O–H groups in total. The van der Waals surface area contributed by atoms with Crippen molar-refractivity contribution in [1.29, 1.82) is 0 Å². The second kappa shape index (κ2) is 13.5. The Morgan fingerprint density at radius 3 is 2.46 bits per heavy atom. The van der Waals surface area contributed by atoms with E-state index in [-0.39, 0.29) is 30.0 Å². The molecule has 6 fully saturated rings. The quantitative estimate of drug-likeness (QED) is 0.194. The van der Waals surface area contributed by atoms with Crippen LogP contribution in [0.3, 0.4) is 0 Å². The molecule has 1 aromatic carbocycles. The second-order valence-corrected chi connectivity index (χ2v) is 19.3. The van der Waals surface area contributed by atoms with E-state index in [0.717, 1.165) is 76.3 Å². The Kier molecular flexibility index (Phi) is 9.18. The molecule has 5 aliphatic carbocycles. The van der Waals surface area contributed by atoms with Gasteiger partial charge in [-0.15, -0.1) is 0 Å². The Bertz CT molecular complexity index is 1570. The molecule has 0 radical (unpaired) electrons. The fourth-order valence-electron chi connectivity index (χ4n) is 14.8. The zero-order valence-electron chi connectivity index (χ0n) is 32.2. The number of carbonyl (C=O) groups excluding carboxylic acids is 1. The topological polar surface area (TPSA) is 70.1 Å². The molecular weight excluding hydrogens is 645 g/mol. The van der Waals surface area contributed by atoms with Gasteiger partial charge in [-0.25, -0.2) is 0 Å². The highest BCUT2D eigenvalue weighted by Gasteiger charge is 2.86. The van der Waals surface area contributed by atoms with Crippen LogP contribution in [0, 0.1) is 57.7 Å². The van der Waals surface area contributed by atoms with Gasteiger partial charge in [0.2, 0.25) is 0 Å². The molecule has 3 aliphatic heterocycles. The van der Waals surface area contributed by atoms with Crippen molar-refractivity contribution in [2.24, 2.45) is 57.7 Å². The summed E-state index contributed by atoms with van der Waals surface area (Å²) in [6.45, 7) is 12.1. The van der Waals surface area contributed by atoms with Gasteiger partial charge in [0.25, 0.3) is 0 Å². The molecule has 9 rings (SSSR count). The molecule has 282 valence electrons. The fraction of sp³-hybridized carbons (Fsp3) is 0.739. The lowest BCUT2D eigenvalue weighted by Crippen LogP contribution is -2.65. The first kappa shape index (κ1) is 35.4. The third-order valence-electron chi connectivity index (χ3n) is 17.0. The molecule has 1 aromatic rings. The highest BCUT2D eigenvalue weighted by atomic mass is 16.5. The number of hydrogen-bond donors (Lipinski definition) is 1. The first-order valence-electron chi connectivity index (χ1n) is 21.5. The minimum atomic E-state index is -1.15. The van der Waals surface area contributed by atoms with Crippen LogP contribution in [0.15, 0.2) is 48.1 Å². The van der Waals surface area contributed by atoms with Gasteiger partial charge in [0, 0.05) is 31.1 Å². The van der Waals surface area contributed by atoms with E-state index in [1.165, 1.54) is 62.4 Å². The van der Waals surface area contributed by atoms with Gasteiger partial charge in [0.1, 0.15) is 11.7 Å². The Balaban J connectivity index is 0.962. The number of benzene rings is 1. The van der Waals surface area contributed by atoms with Crippen LogP contribution in [0.4, 0.5) is 0 Å². The van der Waals surface area contributed by atoms with Gasteiger partial charge in [0.15, 0.2) is 0 Å². The first-order chi connectivity index (χ1) is 25.2. The van der Waals surface area contributed by atoms with E-state index in [1.807, 2.05) is 0 Å². The maximum absolute atomic E-state index is 14.2. The lowest BCUT2D eigenvalue weighted by molar-refractivity contribution is -0.197. The number of piperidine rings is 1. The number of rotatable bonds is 10. The van der Waals surface area contributed by atoms with Gasteiger partial charge in [-0.05, 0) is 117 Å². The molecule has 4 saturated carbocycles. The molecule has 2 saturated heterocycles. The third-order valence-corrected chi connectivity index (χ3v) is 17.0. The molecule has 8 aliphatic rings. The van der Waals surface area contributed by atoms with Crippen molar-refractivity contribution >= 4 is 17.8 Å². The van der Waals surface area contributed by atoms with Crippen molar-refractivity contribution in [3.05, 3.63) is 53.6 Å². The number of allylic oxidation sites excluding steroid dienone is 1. The Labute approximate surface area is 312 Å². The van der Waals surface area contributed by atoms with Crippen LogP contribution in [-0.2, 0) is 14.3 Å². The minimum absolute atomic E-state index is 0.101. The van der Waals surface area contributed by atoms with Crippen LogP contribution in [0.2, 0.25) is 0 Å². The Morgan fingerprint density at radius 2 is 1.79 bits per heavy atom. The number of carboxylic acid groups (broad SMARTS) is 1. The van der Waals surface area contributed by atoms with Crippen molar-refractivity contribution in [2.75, 3.05) is 32.7 Å². The summed E-state index contributed by atoms with van der Waals surface area (Å²) >= 11 is 0. The predicted molar refractivity (Wildman–Crippen MR) is 205 cm³/mol. The zero-order chi connectivity index (χ0) is 35.8. The van der Waals surface area contributed by atoms with Crippen LogP contribution in [0.5, 0.6) is 0 Å². The van der Waals surface area contributed by atoms with E-state index in [0.29, 0.717) is 30.2 Å². The Hall–Kier alpha value is -2.28. The number of aldehydes is 1. The van der Waals surface area contributed by atoms with Crippen molar-refractivity contribution in [3.63, 3.8) is 0 Å². The normalized spacial score (nSPS) is 42.5. The second-order valence-electron chi connectivity index (χ2n) is 19.3. The number of carbonyl (C=O) groups is 2. The van der Waals surface area contributed by atoms with Gasteiger partial charge in [-0.1, -0.05) is 101 Å². The summed E-state index contributed by atoms with van der Waals surface area (Å²) in [6, 6.07) is 11.5. The third kappa shape index (κ3) is 5.11. The monoisotopic (exact) mass is 708 g/mol. The van der Waals surface area contributed by atoms with E-state index in [4.69, 9.17) is 4.74 Å². The number of carboxylic acids is 1. The molecule has 6 heteroatoms. The number of hydrogen-bond acceptors (Lipinski definition) is 5. The van der Waals surface area contributed by atoms with E-state index in [9.17, 15) is 14.7 Å². The van der Waals surface area contributed by atoms with Crippen molar-refractivity contribution in [2.45, 2.75) is 122 Å². The smallest absolute Gasteiger partial charge is 0.315 e. The SMILES string of the molecule is CC(C)C1=CC2CC3(C=O)[C@@H]4CC[C@@H](C)[C@H]4CC2(C2CC(CC4CCCC4)C(CN4CCC(N5CC=C(c6ccccc6)CC5)CC4)O2)[C@]13C(=O)O. The maximum atomic E-state index is 14.2. The summed E-state index contributed by atoms with van der Waals surface area (Å²) in [4.78, 5) is 33.4. The van der Waals surface area contributed by atoms with E-state index < -0.39 is 22.2 Å². The highest BCUT2D eigenvalue weighted by molar-refractivity contribution is 5.90. The minimum Gasteiger partial charge on any atom is -0.481 e. The van der Waals surface area contributed by atoms with Crippen molar-refractivity contribution in [1.82, 2.24) is 9.80 Å². The molecule has 10 atom stereocenters. The lowest BCUT2D eigenvalue weighted by Gasteiger charge is -2.60. The lowest BCUT2D eigenvalue weighted by atomic mass is 9.41. The standard InChI is InChI=1S/C46H64N2O4/c1-30(2)40-25-36-26-44(29-49)39-14-13-31(3)38(39)27-45(36,46(40,44)43(50)51)42-24-35(23-32-9-7-8-10-32)41(52-42)28-47-19-17-37(18-20-47)48-21-15-34(16-22-48)33-11-5-4-6-12-33/h4-6,11-12,15,25,29-32,35-39,41-42H,7-10,13-14,16-24,26-28H2,1-3H3,(H,50,51)/t31-,35?,36?,38-,39-,41?,42?,44?,45?,46+/m1/s1. The molecule has 0 aromatic heterocycles. The summed E-state index contributed by atoms with van der Waals surface area (Å²) in [5, 5.41) is 11.7. The van der Waals surface area contributed by atoms with Gasteiger partial charge < -0.3 is 19.5 Å². The molecule has 4 bridgehead atoms. The average molecular weight is 709 g/mol. The van der Waals surface area contributed by atoms with Gasteiger partial charge in [-0.2, -0.15) is 0 Å². The van der Waals surface area contributed by atoms with Crippen LogP contribution in [-0.4, -0.2) is 78.1 Å². The highest BCUT2D eigenvalue weighted by Crippen LogP contribution is 2.84. The maximum Gasteiger partial charge on any atom is 0.315 e. The van der Waals surface area contributed by atoms with Gasteiger partial charge in [-0.3, -0.25) is 9.69 Å². The number of fused-ring (bicyclic) bond motifs is 2. The van der Waals surface area contributed by atoms with E-state index >= 15 is 0 Å². The number of likely N-dealkylation sites (tertiary alicyclic amines) is 1. The largest absolute Gasteiger partial charge is 0.481 e. The zero-order valence-corrected chi connectivity index (χ0v) is 32.2. The van der Waals surface area contributed by atoms with E-state index in [1.54, 1.807) is 0 Å².